The number of aromatic amines is 2. The number of nitrogens with two attached hydrogens (primary N) is 4. The summed E-state index contributed by atoms with van der Waals surface area (Å²) >= 11 is 4.12. The number of nitrogens with one attached hydrogen (secondary N) is 13. The predicted molar refractivity (Wildman–Crippen MR) is 342 cm³/mol. The van der Waals surface area contributed by atoms with Gasteiger partial charge in [-0.1, -0.05) is 27.7 Å². The lowest BCUT2D eigenvalue weighted by Crippen LogP contribution is -2.62. The number of carbonyl (C=O) groups excluding carboxylic acids is 12. The molecule has 2 aromatic heterocycles. The second kappa shape index (κ2) is 43.3. The molecule has 2 heterocycles. The molecule has 0 aliphatic heterocycles. The molecule has 25 N–H and O–H groups in total. The molecule has 0 radical (unpaired) electrons. The van der Waals surface area contributed by atoms with Crippen LogP contribution in [0.1, 0.15) is 116 Å². The molecule has 12 amide bonds. The van der Waals surface area contributed by atoms with Crippen LogP contribution in [0.5, 0.6) is 0 Å². The van der Waals surface area contributed by atoms with Gasteiger partial charge >= 0.3 is 23.9 Å². The fraction of sp³-hybridized carbons (Fsp3) is 0.614. The van der Waals surface area contributed by atoms with Crippen LogP contribution in [0.25, 0.3) is 0 Å². The van der Waals surface area contributed by atoms with Crippen LogP contribution in [0.3, 0.4) is 0 Å². The fourth-order valence-corrected chi connectivity index (χ4v) is 9.39. The number of nitrogens with zero attached hydrogens (tertiary/aromatic N) is 2. The molecule has 0 bridgehead atoms. The Balaban J connectivity index is 2.39. The number of carboxylic acids is 4. The van der Waals surface area contributed by atoms with E-state index in [4.69, 9.17) is 22.9 Å². The number of rotatable bonds is 48. The standard InChI is InChI=1S/C57H91N19O20S/c1-27(2)45(75-51(89)34(12-14-43(81)82)69-56(94)46(28(3)4)76-53(91)37(19-40(61)77)71-47(85)31(60)17-29-21-62-25-65-29)55(93)68-33(11-13-42(79)80)50(88)72-36(18-30-22-63-26-66-30)52(90)73-38(20-44(83)84)48(86)64-23-41(78)67-32(9-5-7-15-58)49(87)74-39(24-97)54(92)70-35(57(95)96)10-6-8-16-59/h21-22,25-28,31-39,45-46,97H,5-20,23-24,58-60H2,1-4H3,(H2,61,77)(H,62,65)(H,63,66)(H,64,86)(H,67,78)(H,68,93)(H,69,94)(H,70,92)(H,71,85)(H,72,88)(H,73,90)(H,74,87)(H,75,89)(H,76,91)(H,79,80)(H,81,82)(H,83,84)(H,95,96)/t31-,32-,33-,34-,35-,36-,37-,38-,39-,45-,46-/m0/s1. The van der Waals surface area contributed by atoms with Crippen molar-refractivity contribution in [2.45, 2.75) is 184 Å². The molecule has 0 aliphatic carbocycles. The number of H-pyrrole nitrogens is 2. The van der Waals surface area contributed by atoms with Crippen molar-refractivity contribution in [3.8, 4) is 0 Å². The predicted octanol–water partition coefficient (Wildman–Crippen LogP) is -7.13. The number of carbonyl (C=O) groups is 16. The van der Waals surface area contributed by atoms with Crippen LogP contribution in [0.4, 0.5) is 0 Å². The summed E-state index contributed by atoms with van der Waals surface area (Å²) in [6, 6.07) is -17.6. The average molecular weight is 1390 g/mol. The molecule has 2 aromatic rings. The first kappa shape index (κ1) is 83.3. The van der Waals surface area contributed by atoms with Gasteiger partial charge in [0.05, 0.1) is 38.1 Å². The van der Waals surface area contributed by atoms with Gasteiger partial charge < -0.3 is 112 Å². The molecule has 0 saturated heterocycles. The van der Waals surface area contributed by atoms with E-state index in [0.29, 0.717) is 25.0 Å². The van der Waals surface area contributed by atoms with Gasteiger partial charge in [0, 0.05) is 55.2 Å². The van der Waals surface area contributed by atoms with Gasteiger partial charge in [-0.15, -0.1) is 0 Å². The lowest BCUT2D eigenvalue weighted by molar-refractivity contribution is -0.142. The fourth-order valence-electron chi connectivity index (χ4n) is 9.13. The molecule has 97 heavy (non-hydrogen) atoms. The molecular weight excluding hydrogens is 1300 g/mol. The summed E-state index contributed by atoms with van der Waals surface area (Å²) in [6.45, 7) is 5.34. The zero-order valence-corrected chi connectivity index (χ0v) is 54.9. The minimum absolute atomic E-state index is 0.0351. The molecule has 0 unspecified atom stereocenters. The molecule has 540 valence electrons. The van der Waals surface area contributed by atoms with Gasteiger partial charge in [0.25, 0.3) is 0 Å². The highest BCUT2D eigenvalue weighted by Gasteiger charge is 2.38. The number of amides is 12. The number of unbranched alkanes of at least 4 members (excludes halogenated alkanes) is 2. The van der Waals surface area contributed by atoms with Gasteiger partial charge in [0.1, 0.15) is 60.4 Å². The summed E-state index contributed by atoms with van der Waals surface area (Å²) in [6.07, 6.45) is 1.38. The molecule has 0 aliphatic rings. The Labute approximate surface area is 561 Å². The highest BCUT2D eigenvalue weighted by Crippen LogP contribution is 2.13. The quantitative estimate of drug-likeness (QED) is 0.0216. The van der Waals surface area contributed by atoms with E-state index in [9.17, 15) is 97.1 Å². The Kier molecular flexibility index (Phi) is 37.2. The van der Waals surface area contributed by atoms with Crippen molar-refractivity contribution in [3.05, 3.63) is 36.4 Å². The van der Waals surface area contributed by atoms with Gasteiger partial charge in [-0.2, -0.15) is 12.6 Å². The van der Waals surface area contributed by atoms with Gasteiger partial charge in [-0.3, -0.25) is 71.9 Å². The molecule has 0 fully saturated rings. The topological polar surface area (TPSA) is 648 Å². The first-order valence-corrected chi connectivity index (χ1v) is 31.5. The highest BCUT2D eigenvalue weighted by molar-refractivity contribution is 7.80. The van der Waals surface area contributed by atoms with Gasteiger partial charge in [0.2, 0.25) is 70.9 Å². The Hall–Kier alpha value is -9.83. The third-order valence-corrected chi connectivity index (χ3v) is 14.8. The number of thiol groups is 1. The third-order valence-electron chi connectivity index (χ3n) is 14.4. The van der Waals surface area contributed by atoms with E-state index < -0.39 is 225 Å². The van der Waals surface area contributed by atoms with Crippen LogP contribution >= 0.6 is 12.6 Å². The molecular formula is C57H91N19O20S. The van der Waals surface area contributed by atoms with Gasteiger partial charge in [0.15, 0.2) is 0 Å². The van der Waals surface area contributed by atoms with Crippen LogP contribution in [-0.2, 0) is 89.6 Å². The maximum absolute atomic E-state index is 14.3. The minimum Gasteiger partial charge on any atom is -0.481 e. The van der Waals surface area contributed by atoms with Crippen LogP contribution in [0, 0.1) is 11.8 Å². The van der Waals surface area contributed by atoms with E-state index in [-0.39, 0.29) is 50.2 Å². The van der Waals surface area contributed by atoms with E-state index in [1.54, 1.807) is 0 Å². The highest BCUT2D eigenvalue weighted by atomic mass is 32.1. The zero-order chi connectivity index (χ0) is 73.1. The Morgan fingerprint density at radius 1 is 0.454 bits per heavy atom. The van der Waals surface area contributed by atoms with E-state index in [1.165, 1.54) is 52.7 Å². The first-order valence-electron chi connectivity index (χ1n) is 30.9. The first-order chi connectivity index (χ1) is 45.7. The largest absolute Gasteiger partial charge is 0.481 e. The molecule has 11 atom stereocenters. The van der Waals surface area contributed by atoms with Crippen LogP contribution < -0.4 is 81.4 Å². The number of hydrogen-bond acceptors (Lipinski definition) is 22. The molecule has 39 nitrogen and oxygen atoms in total. The summed E-state index contributed by atoms with van der Waals surface area (Å²) in [5.74, 6) is -20.9. The lowest BCUT2D eigenvalue weighted by Gasteiger charge is -2.29. The smallest absolute Gasteiger partial charge is 0.326 e. The van der Waals surface area contributed by atoms with Gasteiger partial charge in [-0.25, -0.2) is 14.8 Å². The Morgan fingerprint density at radius 3 is 1.28 bits per heavy atom. The molecule has 0 spiro atoms. The SMILES string of the molecule is CC(C)[C@H](NC(=O)[C@H](CCC(=O)O)NC(=O)[C@@H](NC(=O)[C@H](CC(N)=O)NC(=O)[C@@H](N)Cc1cnc[nH]1)C(C)C)C(=O)N[C@@H](CCC(=O)O)C(=O)N[C@@H](Cc1cnc[nH]1)C(=O)N[C@@H](CC(=O)O)C(=O)NCC(=O)N[C@@H](CCCCN)C(=O)N[C@@H](CS)C(=O)N[C@@H](CCCCN)C(=O)O. The number of hydrogen-bond donors (Lipinski definition) is 22. The molecule has 2 rings (SSSR count). The monoisotopic (exact) mass is 1390 g/mol. The van der Waals surface area contributed by atoms with Gasteiger partial charge in [-0.05, 0) is 76.3 Å². The normalized spacial score (nSPS) is 14.5. The van der Waals surface area contributed by atoms with Crippen molar-refractivity contribution < 1.29 is 97.1 Å². The van der Waals surface area contributed by atoms with Crippen molar-refractivity contribution in [1.82, 2.24) is 78.4 Å². The summed E-state index contributed by atoms with van der Waals surface area (Å²) in [5.41, 5.74) is 23.1. The minimum atomic E-state index is -2.00. The van der Waals surface area contributed by atoms with E-state index in [0.717, 1.165) is 0 Å². The molecule has 0 aromatic carbocycles. The number of imidazole rings is 2. The van der Waals surface area contributed by atoms with Crippen LogP contribution in [0.15, 0.2) is 25.0 Å². The van der Waals surface area contributed by atoms with E-state index >= 15 is 0 Å². The Morgan fingerprint density at radius 2 is 0.845 bits per heavy atom. The van der Waals surface area contributed by atoms with Crippen LogP contribution in [-0.4, -0.2) is 227 Å². The summed E-state index contributed by atoms with van der Waals surface area (Å²) in [5, 5.41) is 64.5. The number of carboxylic acid groups (broad SMARTS) is 4. The van der Waals surface area contributed by atoms with Crippen LogP contribution in [0.2, 0.25) is 0 Å². The summed E-state index contributed by atoms with van der Waals surface area (Å²) < 4.78 is 0. The second-order valence-electron chi connectivity index (χ2n) is 23.1. The number of primary amides is 1. The van der Waals surface area contributed by atoms with Crippen molar-refractivity contribution in [2.75, 3.05) is 25.4 Å². The Bertz CT molecular complexity index is 3010. The summed E-state index contributed by atoms with van der Waals surface area (Å²) in [4.78, 5) is 224. The lowest BCUT2D eigenvalue weighted by atomic mass is 9.99. The summed E-state index contributed by atoms with van der Waals surface area (Å²) in [7, 11) is 0. The van der Waals surface area contributed by atoms with Crippen molar-refractivity contribution in [3.63, 3.8) is 0 Å². The van der Waals surface area contributed by atoms with Crippen molar-refractivity contribution in [2.24, 2.45) is 34.8 Å². The third kappa shape index (κ3) is 31.5. The average Bonchev–Trinajstić information content (AvgIpc) is 0.942. The van der Waals surface area contributed by atoms with Crippen molar-refractivity contribution in [1.29, 1.82) is 0 Å². The molecule has 40 heteroatoms. The van der Waals surface area contributed by atoms with E-state index in [2.05, 4.69) is 91.0 Å². The second-order valence-corrected chi connectivity index (χ2v) is 23.5. The van der Waals surface area contributed by atoms with E-state index in [1.807, 2.05) is 0 Å². The maximum Gasteiger partial charge on any atom is 0.326 e. The number of aliphatic carboxylic acids is 4. The molecule has 0 saturated carbocycles. The zero-order valence-electron chi connectivity index (χ0n) is 54.0. The maximum atomic E-state index is 14.3. The number of aromatic nitrogens is 4. The van der Waals surface area contributed by atoms with Crippen molar-refractivity contribution >= 4 is 107 Å².